The summed E-state index contributed by atoms with van der Waals surface area (Å²) in [6, 6.07) is 20.7. The minimum absolute atomic E-state index is 0.0748. The van der Waals surface area contributed by atoms with Crippen molar-refractivity contribution >= 4 is 22.8 Å². The zero-order valence-corrected chi connectivity index (χ0v) is 24.7. The number of aliphatic hydroxyl groups is 1. The first-order valence-corrected chi connectivity index (χ1v) is 14.4. The summed E-state index contributed by atoms with van der Waals surface area (Å²) in [4.78, 5) is 26.2. The summed E-state index contributed by atoms with van der Waals surface area (Å²) in [5.74, 6) is -1.10. The molecule has 1 aliphatic heterocycles. The molecule has 0 spiro atoms. The number of ether oxygens (including phenoxy) is 1. The van der Waals surface area contributed by atoms with E-state index in [1.165, 1.54) is 12.1 Å². The topological polar surface area (TPSA) is 87.1 Å². The van der Waals surface area contributed by atoms with Crippen LogP contribution in [0.15, 0.2) is 78.9 Å². The van der Waals surface area contributed by atoms with E-state index in [-0.39, 0.29) is 5.56 Å². The molecule has 2 N–H and O–H groups in total. The zero-order valence-electron chi connectivity index (χ0n) is 24.7. The molecular formula is C35H34F3NO5. The number of hydrogen-bond acceptors (Lipinski definition) is 4. The number of amides is 1. The fraction of sp³-hybridized carbons (Fsp3) is 0.314. The Hall–Kier alpha value is -4.37. The highest BCUT2D eigenvalue weighted by Crippen LogP contribution is 2.38. The molecule has 0 aliphatic carbocycles. The van der Waals surface area contributed by atoms with Crippen LogP contribution in [0, 0.1) is 0 Å². The van der Waals surface area contributed by atoms with E-state index in [9.17, 15) is 33.0 Å². The second-order valence-corrected chi connectivity index (χ2v) is 12.3. The van der Waals surface area contributed by atoms with E-state index >= 15 is 0 Å². The van der Waals surface area contributed by atoms with Crippen molar-refractivity contribution in [1.29, 1.82) is 0 Å². The van der Waals surface area contributed by atoms with Crippen molar-refractivity contribution in [2.75, 3.05) is 13.1 Å². The van der Waals surface area contributed by atoms with Gasteiger partial charge in [-0.1, -0.05) is 48.5 Å². The molecule has 0 saturated carbocycles. The van der Waals surface area contributed by atoms with Crippen LogP contribution >= 0.6 is 0 Å². The van der Waals surface area contributed by atoms with E-state index in [0.717, 1.165) is 23.1 Å². The smallest absolute Gasteiger partial charge is 0.416 e. The third kappa shape index (κ3) is 6.73. The SMILES string of the molecule is CC(C)(C)OC(=O)N1CCCC(O)(c2ccc(-c3cc(C(=O)O)cc4cc(-c5ccc(C(F)(F)F)cc5)ccc34)cc2)CC1. The number of benzene rings is 4. The van der Waals surface area contributed by atoms with Crippen LogP contribution < -0.4 is 0 Å². The van der Waals surface area contributed by atoms with Gasteiger partial charge in [0.1, 0.15) is 5.60 Å². The van der Waals surface area contributed by atoms with E-state index < -0.39 is 35.0 Å². The number of rotatable bonds is 4. The van der Waals surface area contributed by atoms with Crippen LogP contribution in [0.2, 0.25) is 0 Å². The molecule has 1 fully saturated rings. The van der Waals surface area contributed by atoms with E-state index in [1.54, 1.807) is 29.2 Å². The van der Waals surface area contributed by atoms with Crippen LogP contribution in [0.1, 0.15) is 61.5 Å². The fourth-order valence-electron chi connectivity index (χ4n) is 5.64. The summed E-state index contributed by atoms with van der Waals surface area (Å²) >= 11 is 0. The quantitative estimate of drug-likeness (QED) is 0.244. The van der Waals surface area contributed by atoms with Gasteiger partial charge in [0.2, 0.25) is 0 Å². The maximum absolute atomic E-state index is 13.0. The van der Waals surface area contributed by atoms with Crippen LogP contribution in [0.3, 0.4) is 0 Å². The number of likely N-dealkylation sites (tertiary alicyclic amines) is 1. The molecule has 9 heteroatoms. The van der Waals surface area contributed by atoms with E-state index in [4.69, 9.17) is 4.74 Å². The molecule has 6 nitrogen and oxygen atoms in total. The minimum atomic E-state index is -4.44. The van der Waals surface area contributed by atoms with Crippen LogP contribution in [0.4, 0.5) is 18.0 Å². The van der Waals surface area contributed by atoms with Gasteiger partial charge in [0.25, 0.3) is 0 Å². The second kappa shape index (κ2) is 11.6. The van der Waals surface area contributed by atoms with Gasteiger partial charge in [-0.05, 0) is 109 Å². The number of carbonyl (C=O) groups is 2. The number of carboxylic acids is 1. The third-order valence-electron chi connectivity index (χ3n) is 7.94. The molecule has 1 heterocycles. The van der Waals surface area contributed by atoms with Crippen molar-refractivity contribution in [3.05, 3.63) is 95.6 Å². The molecule has 4 aromatic rings. The van der Waals surface area contributed by atoms with Gasteiger partial charge in [-0.25, -0.2) is 9.59 Å². The fourth-order valence-corrected chi connectivity index (χ4v) is 5.64. The van der Waals surface area contributed by atoms with Gasteiger partial charge in [-0.2, -0.15) is 13.2 Å². The third-order valence-corrected chi connectivity index (χ3v) is 7.94. The Bertz CT molecular complexity index is 1690. The van der Waals surface area contributed by atoms with Gasteiger partial charge >= 0.3 is 18.2 Å². The zero-order chi connectivity index (χ0) is 31.9. The molecule has 1 unspecified atom stereocenters. The van der Waals surface area contributed by atoms with Crippen LogP contribution in [0.5, 0.6) is 0 Å². The maximum Gasteiger partial charge on any atom is 0.416 e. The van der Waals surface area contributed by atoms with Crippen LogP contribution in [0.25, 0.3) is 33.0 Å². The van der Waals surface area contributed by atoms with Gasteiger partial charge in [0.15, 0.2) is 0 Å². The van der Waals surface area contributed by atoms with E-state index in [1.807, 2.05) is 51.1 Å². The predicted octanol–water partition coefficient (Wildman–Crippen LogP) is 8.50. The van der Waals surface area contributed by atoms with E-state index in [2.05, 4.69) is 0 Å². The average Bonchev–Trinajstić information content (AvgIpc) is 3.17. The number of carbonyl (C=O) groups excluding carboxylic acids is 1. The van der Waals surface area contributed by atoms with Crippen molar-refractivity contribution in [2.45, 2.75) is 57.4 Å². The number of halogens is 3. The Morgan fingerprint density at radius 1 is 0.818 bits per heavy atom. The summed E-state index contributed by atoms with van der Waals surface area (Å²) < 4.78 is 44.6. The Kier molecular flexibility index (Phi) is 8.20. The van der Waals surface area contributed by atoms with Crippen molar-refractivity contribution in [3.8, 4) is 22.3 Å². The van der Waals surface area contributed by atoms with Crippen molar-refractivity contribution in [1.82, 2.24) is 4.90 Å². The maximum atomic E-state index is 13.0. The molecule has 0 radical (unpaired) electrons. The van der Waals surface area contributed by atoms with Gasteiger partial charge < -0.3 is 19.8 Å². The lowest BCUT2D eigenvalue weighted by molar-refractivity contribution is -0.137. The lowest BCUT2D eigenvalue weighted by atomic mass is 9.85. The summed E-state index contributed by atoms with van der Waals surface area (Å²) in [7, 11) is 0. The molecule has 4 aromatic carbocycles. The first-order valence-electron chi connectivity index (χ1n) is 14.4. The molecule has 44 heavy (non-hydrogen) atoms. The highest BCUT2D eigenvalue weighted by Gasteiger charge is 2.34. The van der Waals surface area contributed by atoms with Gasteiger partial charge in [-0.15, -0.1) is 0 Å². The Labute approximate surface area is 253 Å². The Balaban J connectivity index is 1.44. The molecule has 1 amide bonds. The molecular weight excluding hydrogens is 571 g/mol. The van der Waals surface area contributed by atoms with Crippen LogP contribution in [-0.4, -0.2) is 45.9 Å². The highest BCUT2D eigenvalue weighted by molar-refractivity contribution is 6.04. The molecule has 5 rings (SSSR count). The molecule has 1 atom stereocenters. The van der Waals surface area contributed by atoms with Crippen molar-refractivity contribution in [2.24, 2.45) is 0 Å². The standard InChI is InChI=1S/C35H34F3NO5/c1-33(2,3)44-32(42)39-17-4-15-34(43,16-18-39)27-10-7-23(8-11-27)30-21-26(31(40)41)20-25-19-24(9-14-29(25)30)22-5-12-28(13-6-22)35(36,37)38/h5-14,19-21,43H,4,15-18H2,1-3H3,(H,40,41). The number of alkyl halides is 3. The molecule has 1 saturated heterocycles. The summed E-state index contributed by atoms with van der Waals surface area (Å²) in [6.07, 6.45) is -3.42. The highest BCUT2D eigenvalue weighted by atomic mass is 19.4. The lowest BCUT2D eigenvalue weighted by Gasteiger charge is -2.29. The molecule has 0 aromatic heterocycles. The van der Waals surface area contributed by atoms with Gasteiger partial charge in [-0.3, -0.25) is 0 Å². The molecule has 1 aliphatic rings. The Morgan fingerprint density at radius 2 is 1.45 bits per heavy atom. The number of carboxylic acid groups (broad SMARTS) is 1. The van der Waals surface area contributed by atoms with Crippen LogP contribution in [-0.2, 0) is 16.5 Å². The number of fused-ring (bicyclic) bond motifs is 1. The molecule has 0 bridgehead atoms. The Morgan fingerprint density at radius 3 is 2.07 bits per heavy atom. The molecule has 230 valence electrons. The summed E-state index contributed by atoms with van der Waals surface area (Å²) in [5, 5.41) is 22.8. The first-order chi connectivity index (χ1) is 20.6. The summed E-state index contributed by atoms with van der Waals surface area (Å²) in [5.41, 5.74) is 0.944. The number of hydrogen-bond donors (Lipinski definition) is 2. The monoisotopic (exact) mass is 605 g/mol. The predicted molar refractivity (Wildman–Crippen MR) is 162 cm³/mol. The van der Waals surface area contributed by atoms with Crippen molar-refractivity contribution < 1.29 is 37.7 Å². The number of aromatic carboxylic acids is 1. The second-order valence-electron chi connectivity index (χ2n) is 12.3. The van der Waals surface area contributed by atoms with Gasteiger partial charge in [0, 0.05) is 13.1 Å². The van der Waals surface area contributed by atoms with Gasteiger partial charge in [0.05, 0.1) is 16.7 Å². The average molecular weight is 606 g/mol. The van der Waals surface area contributed by atoms with E-state index in [0.29, 0.717) is 60.0 Å². The lowest BCUT2D eigenvalue weighted by Crippen LogP contribution is -2.38. The largest absolute Gasteiger partial charge is 0.478 e. The van der Waals surface area contributed by atoms with Crippen molar-refractivity contribution in [3.63, 3.8) is 0 Å². The normalized spacial score (nSPS) is 17.8. The number of nitrogens with zero attached hydrogens (tertiary/aromatic N) is 1. The minimum Gasteiger partial charge on any atom is -0.478 e. The first kappa shape index (κ1) is 31.1. The summed E-state index contributed by atoms with van der Waals surface area (Å²) in [6.45, 7) is 6.27.